The second-order valence-corrected chi connectivity index (χ2v) is 6.09. The summed E-state index contributed by atoms with van der Waals surface area (Å²) < 4.78 is 27.8. The van der Waals surface area contributed by atoms with E-state index >= 15 is 0 Å². The number of nitrogens with one attached hydrogen (secondary N) is 1. The van der Waals surface area contributed by atoms with Gasteiger partial charge in [0.05, 0.1) is 5.69 Å². The maximum atomic E-state index is 12.1. The molecule has 0 saturated carbocycles. The van der Waals surface area contributed by atoms with Gasteiger partial charge in [-0.1, -0.05) is 19.8 Å². The number of aliphatic carboxylic acids is 1. The lowest BCUT2D eigenvalue weighted by Crippen LogP contribution is -2.40. The molecule has 7 nitrogen and oxygen atoms in total. The zero-order valence-electron chi connectivity index (χ0n) is 11.3. The third-order valence-electron chi connectivity index (χ3n) is 2.70. The molecule has 0 aromatic carbocycles. The Balaban J connectivity index is 2.94. The van der Waals surface area contributed by atoms with E-state index < -0.39 is 22.0 Å². The third-order valence-corrected chi connectivity index (χ3v) is 4.27. The predicted molar refractivity (Wildman–Crippen MR) is 69.2 cm³/mol. The average molecular weight is 289 g/mol. The lowest BCUT2D eigenvalue weighted by atomic mass is 10.1. The second-order valence-electron chi connectivity index (χ2n) is 4.41. The van der Waals surface area contributed by atoms with Crippen molar-refractivity contribution in [1.82, 2.24) is 14.5 Å². The van der Waals surface area contributed by atoms with E-state index in [1.807, 2.05) is 6.92 Å². The summed E-state index contributed by atoms with van der Waals surface area (Å²) in [5.41, 5.74) is 0.342. The monoisotopic (exact) mass is 289 g/mol. The Kier molecular flexibility index (Phi) is 5.07. The molecular formula is C11H19N3O4S. The number of hydrogen-bond acceptors (Lipinski definition) is 4. The molecule has 0 saturated heterocycles. The van der Waals surface area contributed by atoms with Gasteiger partial charge in [-0.15, -0.1) is 0 Å². The molecule has 1 unspecified atom stereocenters. The zero-order chi connectivity index (χ0) is 14.6. The first-order valence-corrected chi connectivity index (χ1v) is 7.51. The Bertz CT molecular complexity index is 550. The van der Waals surface area contributed by atoms with Gasteiger partial charge in [0.25, 0.3) is 0 Å². The Labute approximate surface area is 112 Å². The van der Waals surface area contributed by atoms with Crippen LogP contribution in [0.15, 0.2) is 11.1 Å². The summed E-state index contributed by atoms with van der Waals surface area (Å²) in [5.74, 6) is -1.17. The summed E-state index contributed by atoms with van der Waals surface area (Å²) >= 11 is 0. The summed E-state index contributed by atoms with van der Waals surface area (Å²) in [6, 6.07) is -1.11. The molecule has 0 bridgehead atoms. The van der Waals surface area contributed by atoms with Crippen LogP contribution in [-0.4, -0.2) is 35.3 Å². The van der Waals surface area contributed by atoms with Crippen molar-refractivity contribution in [1.29, 1.82) is 0 Å². The SMILES string of the molecule is CCCCC(NS(=O)(=O)c1cn(C)nc1C)C(=O)O. The van der Waals surface area contributed by atoms with Crippen LogP contribution in [0.1, 0.15) is 31.9 Å². The number of sulfonamides is 1. The lowest BCUT2D eigenvalue weighted by Gasteiger charge is -2.13. The minimum Gasteiger partial charge on any atom is -0.480 e. The van der Waals surface area contributed by atoms with Crippen LogP contribution in [-0.2, 0) is 21.9 Å². The van der Waals surface area contributed by atoms with Crippen LogP contribution in [0.3, 0.4) is 0 Å². The molecule has 0 amide bonds. The van der Waals surface area contributed by atoms with Gasteiger partial charge in [-0.25, -0.2) is 8.42 Å². The summed E-state index contributed by atoms with van der Waals surface area (Å²) in [5, 5.41) is 13.0. The molecule has 1 aromatic heterocycles. The quantitative estimate of drug-likeness (QED) is 0.767. The minimum atomic E-state index is -3.86. The summed E-state index contributed by atoms with van der Waals surface area (Å²) in [7, 11) is -2.25. The molecule has 1 heterocycles. The van der Waals surface area contributed by atoms with Crippen molar-refractivity contribution in [2.75, 3.05) is 0 Å². The van der Waals surface area contributed by atoms with Crippen molar-refractivity contribution < 1.29 is 18.3 Å². The zero-order valence-corrected chi connectivity index (χ0v) is 12.1. The van der Waals surface area contributed by atoms with E-state index in [4.69, 9.17) is 5.11 Å². The van der Waals surface area contributed by atoms with E-state index in [-0.39, 0.29) is 11.3 Å². The van der Waals surface area contributed by atoms with E-state index in [2.05, 4.69) is 9.82 Å². The molecule has 1 atom stereocenters. The highest BCUT2D eigenvalue weighted by molar-refractivity contribution is 7.89. The number of nitrogens with zero attached hydrogens (tertiary/aromatic N) is 2. The number of unbranched alkanes of at least 4 members (excludes halogenated alkanes) is 1. The van der Waals surface area contributed by atoms with Gasteiger partial charge in [0.1, 0.15) is 10.9 Å². The van der Waals surface area contributed by atoms with E-state index in [0.29, 0.717) is 12.1 Å². The van der Waals surface area contributed by atoms with Crippen molar-refractivity contribution >= 4 is 16.0 Å². The molecule has 2 N–H and O–H groups in total. The van der Waals surface area contributed by atoms with Gasteiger partial charge in [-0.05, 0) is 13.3 Å². The first-order valence-electron chi connectivity index (χ1n) is 6.03. The second kappa shape index (κ2) is 6.16. The fourth-order valence-electron chi connectivity index (χ4n) is 1.73. The molecule has 1 aromatic rings. The normalized spacial score (nSPS) is 13.4. The molecule has 0 spiro atoms. The van der Waals surface area contributed by atoms with Crippen LogP contribution >= 0.6 is 0 Å². The number of hydrogen-bond donors (Lipinski definition) is 2. The topological polar surface area (TPSA) is 101 Å². The van der Waals surface area contributed by atoms with Crippen molar-refractivity contribution in [2.24, 2.45) is 7.05 Å². The molecule has 0 aliphatic heterocycles. The van der Waals surface area contributed by atoms with Crippen molar-refractivity contribution in [3.05, 3.63) is 11.9 Å². The molecule has 19 heavy (non-hydrogen) atoms. The fraction of sp³-hybridized carbons (Fsp3) is 0.636. The smallest absolute Gasteiger partial charge is 0.321 e. The van der Waals surface area contributed by atoms with E-state index in [1.165, 1.54) is 10.9 Å². The molecular weight excluding hydrogens is 270 g/mol. The van der Waals surface area contributed by atoms with E-state index in [1.54, 1.807) is 14.0 Å². The minimum absolute atomic E-state index is 0.0118. The van der Waals surface area contributed by atoms with E-state index in [0.717, 1.165) is 6.42 Å². The molecule has 0 aliphatic carbocycles. The number of rotatable bonds is 7. The van der Waals surface area contributed by atoms with Gasteiger partial charge in [0.15, 0.2) is 0 Å². The van der Waals surface area contributed by atoms with Crippen LogP contribution in [0.25, 0.3) is 0 Å². The first-order chi connectivity index (χ1) is 8.77. The lowest BCUT2D eigenvalue weighted by molar-refractivity contribution is -0.139. The number of aryl methyl sites for hydroxylation is 2. The maximum absolute atomic E-state index is 12.1. The van der Waals surface area contributed by atoms with Crippen LogP contribution in [0.5, 0.6) is 0 Å². The summed E-state index contributed by atoms with van der Waals surface area (Å²) in [6.45, 7) is 3.48. The van der Waals surface area contributed by atoms with Crippen molar-refractivity contribution in [3.63, 3.8) is 0 Å². The molecule has 1 rings (SSSR count). The third kappa shape index (κ3) is 4.03. The highest BCUT2D eigenvalue weighted by Crippen LogP contribution is 2.14. The van der Waals surface area contributed by atoms with E-state index in [9.17, 15) is 13.2 Å². The van der Waals surface area contributed by atoms with Gasteiger partial charge < -0.3 is 5.11 Å². The number of aromatic nitrogens is 2. The van der Waals surface area contributed by atoms with Gasteiger partial charge in [0, 0.05) is 13.2 Å². The molecule has 0 fully saturated rings. The van der Waals surface area contributed by atoms with Crippen LogP contribution < -0.4 is 4.72 Å². The molecule has 8 heteroatoms. The fourth-order valence-corrected chi connectivity index (χ4v) is 3.17. The predicted octanol–water partition coefficient (Wildman–Crippen LogP) is 0.650. The summed E-state index contributed by atoms with van der Waals surface area (Å²) in [6.07, 6.45) is 3.07. The van der Waals surface area contributed by atoms with Crippen LogP contribution in [0.2, 0.25) is 0 Å². The average Bonchev–Trinajstić information content (AvgIpc) is 2.64. The summed E-state index contributed by atoms with van der Waals surface area (Å²) in [4.78, 5) is 11.1. The number of carbonyl (C=O) groups is 1. The largest absolute Gasteiger partial charge is 0.480 e. The highest BCUT2D eigenvalue weighted by atomic mass is 32.2. The Morgan fingerprint density at radius 1 is 1.58 bits per heavy atom. The Hall–Kier alpha value is -1.41. The van der Waals surface area contributed by atoms with Crippen LogP contribution in [0, 0.1) is 6.92 Å². The molecule has 0 radical (unpaired) electrons. The first kappa shape index (κ1) is 15.6. The number of carboxylic acids is 1. The van der Waals surface area contributed by atoms with Gasteiger partial charge in [0.2, 0.25) is 10.0 Å². The standard InChI is InChI=1S/C11H19N3O4S/c1-4-5-6-9(11(15)16)13-19(17,18)10-7-14(3)12-8(10)2/h7,9,13H,4-6H2,1-3H3,(H,15,16). The van der Waals surface area contributed by atoms with Crippen LogP contribution in [0.4, 0.5) is 0 Å². The maximum Gasteiger partial charge on any atom is 0.321 e. The molecule has 108 valence electrons. The van der Waals surface area contributed by atoms with Gasteiger partial charge >= 0.3 is 5.97 Å². The Morgan fingerprint density at radius 3 is 2.63 bits per heavy atom. The highest BCUT2D eigenvalue weighted by Gasteiger charge is 2.27. The number of carboxylic acid groups (broad SMARTS) is 1. The van der Waals surface area contributed by atoms with Gasteiger partial charge in [-0.3, -0.25) is 9.48 Å². The van der Waals surface area contributed by atoms with Crippen molar-refractivity contribution in [3.8, 4) is 0 Å². The molecule has 0 aliphatic rings. The van der Waals surface area contributed by atoms with Gasteiger partial charge in [-0.2, -0.15) is 9.82 Å². The Morgan fingerprint density at radius 2 is 2.21 bits per heavy atom. The van der Waals surface area contributed by atoms with Crippen molar-refractivity contribution in [2.45, 2.75) is 44.0 Å².